The van der Waals surface area contributed by atoms with E-state index in [0.717, 1.165) is 11.3 Å². The quantitative estimate of drug-likeness (QED) is 0.400. The molecule has 0 aliphatic heterocycles. The Hall–Kier alpha value is -2.92. The van der Waals surface area contributed by atoms with E-state index in [0.29, 0.717) is 0 Å². The molecule has 3 aromatic rings. The molecule has 128 valence electrons. The highest BCUT2D eigenvalue weighted by molar-refractivity contribution is 5.90. The molecular formula is C24H23N2+. The van der Waals surface area contributed by atoms with Crippen LogP contribution in [0.25, 0.3) is 27.2 Å². The van der Waals surface area contributed by atoms with Gasteiger partial charge in [-0.2, -0.15) is 0 Å². The summed E-state index contributed by atoms with van der Waals surface area (Å²) in [6.45, 7) is 16.4. The van der Waals surface area contributed by atoms with E-state index in [9.17, 15) is 0 Å². The van der Waals surface area contributed by atoms with Crippen molar-refractivity contribution in [2.75, 3.05) is 0 Å². The molecule has 1 aromatic heterocycles. The monoisotopic (exact) mass is 339 g/mol. The lowest BCUT2D eigenvalue weighted by molar-refractivity contribution is -0.660. The number of rotatable bonds is 1. The molecule has 0 spiro atoms. The number of pyridine rings is 1. The summed E-state index contributed by atoms with van der Waals surface area (Å²) >= 11 is 0. The lowest BCUT2D eigenvalue weighted by Gasteiger charge is -2.26. The first kappa shape index (κ1) is 16.5. The molecule has 26 heavy (non-hydrogen) atoms. The number of fused-ring (bicyclic) bond motifs is 3. The van der Waals surface area contributed by atoms with Gasteiger partial charge in [0.25, 0.3) is 0 Å². The normalized spacial score (nSPS) is 13.8. The van der Waals surface area contributed by atoms with E-state index in [2.05, 4.69) is 86.7 Å². The van der Waals surface area contributed by atoms with Gasteiger partial charge in [-0.25, -0.2) is 9.41 Å². The minimum Gasteiger partial charge on any atom is -0.238 e. The SMILES string of the molecule is [C-]#[N+]c1ccc2c(c1C)C(C)(C)c1c-2ccc(C)c1-c1cccc[n+]1C. The van der Waals surface area contributed by atoms with Crippen molar-refractivity contribution in [3.63, 3.8) is 0 Å². The predicted molar refractivity (Wildman–Crippen MR) is 106 cm³/mol. The standard InChI is InChI=1S/C24H23N2/c1-15-10-11-18-17-12-13-19(25-5)16(2)22(17)24(3,4)23(18)21(15)20-9-7-8-14-26(20)6/h7-14H,1-4,6H3/q+1. The maximum atomic E-state index is 7.50. The molecule has 1 heterocycles. The first-order chi connectivity index (χ1) is 12.4. The third-order valence-electron chi connectivity index (χ3n) is 5.82. The van der Waals surface area contributed by atoms with Crippen LogP contribution in [0.5, 0.6) is 0 Å². The number of hydrogen-bond acceptors (Lipinski definition) is 0. The molecule has 0 unspecified atom stereocenters. The second-order valence-corrected chi connectivity index (χ2v) is 7.75. The van der Waals surface area contributed by atoms with Crippen molar-refractivity contribution in [3.05, 3.63) is 82.3 Å². The van der Waals surface area contributed by atoms with Crippen LogP contribution in [0.1, 0.15) is 36.1 Å². The molecule has 1 aliphatic rings. The first-order valence-corrected chi connectivity index (χ1v) is 8.99. The molecule has 0 N–H and O–H groups in total. The zero-order valence-electron chi connectivity index (χ0n) is 16.0. The Kier molecular flexibility index (Phi) is 3.53. The molecule has 1 aliphatic carbocycles. The number of benzene rings is 2. The predicted octanol–water partition coefficient (Wildman–Crippen LogP) is 5.65. The molecule has 0 radical (unpaired) electrons. The molecule has 2 heteroatoms. The van der Waals surface area contributed by atoms with Crippen LogP contribution in [0.3, 0.4) is 0 Å². The Balaban J connectivity index is 2.12. The molecule has 2 aromatic carbocycles. The molecule has 0 atom stereocenters. The average Bonchev–Trinajstić information content (AvgIpc) is 2.84. The summed E-state index contributed by atoms with van der Waals surface area (Å²) in [4.78, 5) is 3.73. The maximum absolute atomic E-state index is 7.50. The second-order valence-electron chi connectivity index (χ2n) is 7.75. The molecule has 4 rings (SSSR count). The zero-order valence-corrected chi connectivity index (χ0v) is 16.0. The van der Waals surface area contributed by atoms with Crippen molar-refractivity contribution < 1.29 is 4.57 Å². The topological polar surface area (TPSA) is 8.24 Å². The number of aromatic nitrogens is 1. The molecular weight excluding hydrogens is 316 g/mol. The number of hydrogen-bond donors (Lipinski definition) is 0. The summed E-state index contributed by atoms with van der Waals surface area (Å²) in [6.07, 6.45) is 2.10. The van der Waals surface area contributed by atoms with E-state index >= 15 is 0 Å². The van der Waals surface area contributed by atoms with E-state index in [4.69, 9.17) is 6.57 Å². The average molecular weight is 339 g/mol. The van der Waals surface area contributed by atoms with Crippen LogP contribution >= 0.6 is 0 Å². The molecule has 2 nitrogen and oxygen atoms in total. The lowest BCUT2D eigenvalue weighted by Crippen LogP contribution is -2.31. The van der Waals surface area contributed by atoms with Crippen molar-refractivity contribution in [1.82, 2.24) is 0 Å². The number of aryl methyl sites for hydroxylation is 2. The van der Waals surface area contributed by atoms with Gasteiger partial charge in [-0.15, -0.1) is 0 Å². The van der Waals surface area contributed by atoms with E-state index in [1.807, 2.05) is 6.07 Å². The van der Waals surface area contributed by atoms with Gasteiger partial charge in [0, 0.05) is 17.5 Å². The second kappa shape index (κ2) is 5.54. The van der Waals surface area contributed by atoms with E-state index in [1.54, 1.807) is 0 Å². The molecule has 0 saturated carbocycles. The van der Waals surface area contributed by atoms with Crippen LogP contribution in [0, 0.1) is 20.4 Å². The van der Waals surface area contributed by atoms with Crippen LogP contribution in [-0.4, -0.2) is 0 Å². The smallest absolute Gasteiger partial charge is 0.212 e. The summed E-state index contributed by atoms with van der Waals surface area (Å²) in [6, 6.07) is 14.9. The van der Waals surface area contributed by atoms with Crippen LogP contribution in [0.15, 0.2) is 48.7 Å². The maximum Gasteiger partial charge on any atom is 0.212 e. The molecule has 0 amide bonds. The highest BCUT2D eigenvalue weighted by Crippen LogP contribution is 2.54. The largest absolute Gasteiger partial charge is 0.238 e. The summed E-state index contributed by atoms with van der Waals surface area (Å²) in [5.41, 5.74) is 10.8. The van der Waals surface area contributed by atoms with Crippen LogP contribution in [0.4, 0.5) is 5.69 Å². The van der Waals surface area contributed by atoms with Gasteiger partial charge in [-0.3, -0.25) is 0 Å². The minimum absolute atomic E-state index is 0.139. The van der Waals surface area contributed by atoms with Gasteiger partial charge in [0.1, 0.15) is 7.05 Å². The highest BCUT2D eigenvalue weighted by atomic mass is 14.9. The Morgan fingerprint density at radius 3 is 2.31 bits per heavy atom. The minimum atomic E-state index is -0.139. The Morgan fingerprint density at radius 1 is 0.923 bits per heavy atom. The summed E-state index contributed by atoms with van der Waals surface area (Å²) in [5.74, 6) is 0. The number of nitrogens with zero attached hydrogens (tertiary/aromatic N) is 2. The van der Waals surface area contributed by atoms with Gasteiger partial charge in [-0.1, -0.05) is 38.1 Å². The van der Waals surface area contributed by atoms with Gasteiger partial charge < -0.3 is 0 Å². The van der Waals surface area contributed by atoms with Crippen LogP contribution in [0.2, 0.25) is 0 Å². The van der Waals surface area contributed by atoms with Crippen LogP contribution in [-0.2, 0) is 12.5 Å². The van der Waals surface area contributed by atoms with E-state index < -0.39 is 0 Å². The Bertz CT molecular complexity index is 1100. The summed E-state index contributed by atoms with van der Waals surface area (Å²) in [5, 5.41) is 0. The van der Waals surface area contributed by atoms with Gasteiger partial charge in [0.2, 0.25) is 5.69 Å². The van der Waals surface area contributed by atoms with Gasteiger partial charge >= 0.3 is 0 Å². The van der Waals surface area contributed by atoms with E-state index in [1.165, 1.54) is 39.1 Å². The van der Waals surface area contributed by atoms with Gasteiger partial charge in [-0.05, 0) is 53.3 Å². The van der Waals surface area contributed by atoms with Gasteiger partial charge in [0.15, 0.2) is 11.9 Å². The van der Waals surface area contributed by atoms with Crippen molar-refractivity contribution in [2.45, 2.75) is 33.1 Å². The Morgan fingerprint density at radius 2 is 1.62 bits per heavy atom. The summed E-state index contributed by atoms with van der Waals surface area (Å²) < 4.78 is 2.19. The molecule has 0 fully saturated rings. The zero-order chi connectivity index (χ0) is 18.6. The fraction of sp³-hybridized carbons (Fsp3) is 0.250. The van der Waals surface area contributed by atoms with Crippen molar-refractivity contribution in [2.24, 2.45) is 7.05 Å². The highest BCUT2D eigenvalue weighted by Gasteiger charge is 2.40. The van der Waals surface area contributed by atoms with E-state index in [-0.39, 0.29) is 5.41 Å². The van der Waals surface area contributed by atoms with Crippen molar-refractivity contribution >= 4 is 5.69 Å². The van der Waals surface area contributed by atoms with Crippen LogP contribution < -0.4 is 4.57 Å². The van der Waals surface area contributed by atoms with Gasteiger partial charge in [0.05, 0.1) is 12.1 Å². The lowest BCUT2D eigenvalue weighted by atomic mass is 9.77. The summed E-state index contributed by atoms with van der Waals surface area (Å²) in [7, 11) is 2.10. The third-order valence-corrected chi connectivity index (χ3v) is 5.82. The fourth-order valence-corrected chi connectivity index (χ4v) is 4.67. The molecule has 0 bridgehead atoms. The fourth-order valence-electron chi connectivity index (χ4n) is 4.67. The Labute approximate surface area is 155 Å². The van der Waals surface area contributed by atoms with Crippen molar-refractivity contribution in [3.8, 4) is 22.4 Å². The first-order valence-electron chi connectivity index (χ1n) is 8.99. The molecule has 0 saturated heterocycles. The third kappa shape index (κ3) is 2.07. The van der Waals surface area contributed by atoms with Crippen molar-refractivity contribution in [1.29, 1.82) is 0 Å².